The number of rotatable bonds is 7. The number of nitrogens with zero attached hydrogens (tertiary/aromatic N) is 4. The Morgan fingerprint density at radius 3 is 2.52 bits per heavy atom. The van der Waals surface area contributed by atoms with Gasteiger partial charge in [0.25, 0.3) is 0 Å². The first-order valence-corrected chi connectivity index (χ1v) is 12.2. The van der Waals surface area contributed by atoms with Crippen molar-refractivity contribution < 1.29 is 14.3 Å². The molecule has 0 aliphatic carbocycles. The molecule has 8 heteroatoms. The van der Waals surface area contributed by atoms with E-state index in [4.69, 9.17) is 9.47 Å². The fraction of sp³-hybridized carbons (Fsp3) is 0.400. The molecule has 4 rings (SSSR count). The second-order valence-electron chi connectivity index (χ2n) is 8.28. The van der Waals surface area contributed by atoms with Crippen molar-refractivity contribution >= 4 is 17.7 Å². The van der Waals surface area contributed by atoms with Gasteiger partial charge in [0.1, 0.15) is 5.75 Å². The number of morpholine rings is 1. The minimum Gasteiger partial charge on any atom is -0.494 e. The van der Waals surface area contributed by atoms with Crippen LogP contribution in [0.5, 0.6) is 5.75 Å². The van der Waals surface area contributed by atoms with Gasteiger partial charge >= 0.3 is 0 Å². The first kappa shape index (κ1) is 23.3. The molecule has 2 heterocycles. The lowest BCUT2D eigenvalue weighted by atomic mass is 10.1. The third-order valence-corrected chi connectivity index (χ3v) is 6.33. The zero-order valence-corrected chi connectivity index (χ0v) is 20.3. The van der Waals surface area contributed by atoms with E-state index >= 15 is 0 Å². The molecule has 1 fully saturated rings. The Hall–Kier alpha value is -2.84. The molecule has 2 aromatic carbocycles. The summed E-state index contributed by atoms with van der Waals surface area (Å²) in [6.07, 6.45) is 0.0891. The summed E-state index contributed by atoms with van der Waals surface area (Å²) in [5.41, 5.74) is 3.04. The highest BCUT2D eigenvalue weighted by Gasteiger charge is 2.26. The quantitative estimate of drug-likeness (QED) is 0.482. The van der Waals surface area contributed by atoms with Gasteiger partial charge in [0.05, 0.1) is 24.6 Å². The van der Waals surface area contributed by atoms with Gasteiger partial charge in [-0.1, -0.05) is 35.5 Å². The van der Waals surface area contributed by atoms with Crippen molar-refractivity contribution in [2.24, 2.45) is 0 Å². The molecule has 0 N–H and O–H groups in total. The molecule has 3 aromatic rings. The Labute approximate surface area is 199 Å². The highest BCUT2D eigenvalue weighted by molar-refractivity contribution is 7.99. The summed E-state index contributed by atoms with van der Waals surface area (Å²) in [5, 5.41) is 9.63. The van der Waals surface area contributed by atoms with Crippen molar-refractivity contribution in [3.63, 3.8) is 0 Å². The number of hydrogen-bond acceptors (Lipinski definition) is 6. The van der Waals surface area contributed by atoms with Crippen LogP contribution < -0.4 is 4.74 Å². The number of benzene rings is 2. The summed E-state index contributed by atoms with van der Waals surface area (Å²) >= 11 is 1.41. The zero-order chi connectivity index (χ0) is 23.4. The van der Waals surface area contributed by atoms with E-state index in [-0.39, 0.29) is 18.1 Å². The summed E-state index contributed by atoms with van der Waals surface area (Å²) in [4.78, 5) is 14.8. The molecular weight excluding hydrogens is 436 g/mol. The predicted octanol–water partition coefficient (Wildman–Crippen LogP) is 4.37. The lowest BCUT2D eigenvalue weighted by Crippen LogP contribution is -2.48. The predicted molar refractivity (Wildman–Crippen MR) is 130 cm³/mol. The molecule has 33 heavy (non-hydrogen) atoms. The first-order valence-electron chi connectivity index (χ1n) is 11.3. The molecule has 2 unspecified atom stereocenters. The third-order valence-electron chi connectivity index (χ3n) is 5.41. The van der Waals surface area contributed by atoms with Gasteiger partial charge in [-0.3, -0.25) is 9.36 Å². The summed E-state index contributed by atoms with van der Waals surface area (Å²) in [7, 11) is 0. The maximum absolute atomic E-state index is 12.9. The Bertz CT molecular complexity index is 1090. The standard InChI is InChI=1S/C25H30N4O3S/c1-5-31-22-11-9-21(10-12-22)29-24(20-8-6-7-17(2)13-20)26-27-25(29)33-16-23(30)28-14-18(3)32-19(4)15-28/h6-13,18-19H,5,14-16H2,1-4H3. The van der Waals surface area contributed by atoms with Gasteiger partial charge in [0.2, 0.25) is 5.91 Å². The molecule has 0 saturated carbocycles. The Kier molecular flexibility index (Phi) is 7.35. The molecule has 174 valence electrons. The van der Waals surface area contributed by atoms with Crippen LogP contribution in [0.15, 0.2) is 53.7 Å². The van der Waals surface area contributed by atoms with Crippen LogP contribution >= 0.6 is 11.8 Å². The van der Waals surface area contributed by atoms with E-state index in [1.165, 1.54) is 11.8 Å². The molecule has 0 bridgehead atoms. The Morgan fingerprint density at radius 1 is 1.12 bits per heavy atom. The van der Waals surface area contributed by atoms with Gasteiger partial charge in [0.15, 0.2) is 11.0 Å². The number of carbonyl (C=O) groups excluding carboxylic acids is 1. The molecule has 0 radical (unpaired) electrons. The van der Waals surface area contributed by atoms with E-state index in [0.717, 1.165) is 28.4 Å². The van der Waals surface area contributed by atoms with E-state index < -0.39 is 0 Å². The molecule has 1 aliphatic heterocycles. The van der Waals surface area contributed by atoms with E-state index in [1.807, 2.05) is 66.6 Å². The minimum atomic E-state index is 0.0446. The number of ether oxygens (including phenoxy) is 2. The highest BCUT2D eigenvalue weighted by Crippen LogP contribution is 2.29. The lowest BCUT2D eigenvalue weighted by Gasteiger charge is -2.35. The molecule has 0 spiro atoms. The fourth-order valence-electron chi connectivity index (χ4n) is 4.02. The number of thioether (sulfide) groups is 1. The molecule has 1 amide bonds. The van der Waals surface area contributed by atoms with E-state index in [2.05, 4.69) is 29.3 Å². The number of hydrogen-bond donors (Lipinski definition) is 0. The molecule has 2 atom stereocenters. The van der Waals surface area contributed by atoms with Crippen LogP contribution in [-0.4, -0.2) is 63.2 Å². The molecule has 1 aromatic heterocycles. The van der Waals surface area contributed by atoms with E-state index in [1.54, 1.807) is 0 Å². The van der Waals surface area contributed by atoms with Gasteiger partial charge in [-0.2, -0.15) is 0 Å². The average Bonchev–Trinajstić information content (AvgIpc) is 3.21. The summed E-state index contributed by atoms with van der Waals surface area (Å²) < 4.78 is 13.4. The molecule has 1 aliphatic rings. The van der Waals surface area contributed by atoms with Crippen LogP contribution in [-0.2, 0) is 9.53 Å². The maximum Gasteiger partial charge on any atom is 0.233 e. The van der Waals surface area contributed by atoms with Gasteiger partial charge in [-0.25, -0.2) is 0 Å². The van der Waals surface area contributed by atoms with Crippen molar-refractivity contribution in [3.05, 3.63) is 54.1 Å². The monoisotopic (exact) mass is 466 g/mol. The largest absolute Gasteiger partial charge is 0.494 e. The van der Waals surface area contributed by atoms with E-state index in [0.29, 0.717) is 30.6 Å². The third kappa shape index (κ3) is 5.57. The van der Waals surface area contributed by atoms with Crippen molar-refractivity contribution in [3.8, 4) is 22.8 Å². The smallest absolute Gasteiger partial charge is 0.233 e. The van der Waals surface area contributed by atoms with Crippen molar-refractivity contribution in [1.82, 2.24) is 19.7 Å². The van der Waals surface area contributed by atoms with Crippen LogP contribution in [0.1, 0.15) is 26.3 Å². The van der Waals surface area contributed by atoms with Crippen LogP contribution in [0.25, 0.3) is 17.1 Å². The zero-order valence-electron chi connectivity index (χ0n) is 19.5. The summed E-state index contributed by atoms with van der Waals surface area (Å²) in [5.74, 6) is 1.93. The molecule has 7 nitrogen and oxygen atoms in total. The second-order valence-corrected chi connectivity index (χ2v) is 9.23. The average molecular weight is 467 g/mol. The molecule has 1 saturated heterocycles. The Morgan fingerprint density at radius 2 is 1.85 bits per heavy atom. The summed E-state index contributed by atoms with van der Waals surface area (Å²) in [6.45, 7) is 9.86. The van der Waals surface area contributed by atoms with Crippen LogP contribution in [0, 0.1) is 6.92 Å². The topological polar surface area (TPSA) is 69.5 Å². The number of carbonyl (C=O) groups is 1. The minimum absolute atomic E-state index is 0.0446. The SMILES string of the molecule is CCOc1ccc(-n2c(SCC(=O)N3CC(C)OC(C)C3)nnc2-c2cccc(C)c2)cc1. The van der Waals surface area contributed by atoms with Crippen LogP contribution in [0.3, 0.4) is 0 Å². The first-order chi connectivity index (χ1) is 15.9. The number of aromatic nitrogens is 3. The van der Waals surface area contributed by atoms with Gasteiger partial charge in [-0.15, -0.1) is 10.2 Å². The summed E-state index contributed by atoms with van der Waals surface area (Å²) in [6, 6.07) is 16.0. The van der Waals surface area contributed by atoms with Crippen LogP contribution in [0.4, 0.5) is 0 Å². The fourth-order valence-corrected chi connectivity index (χ4v) is 4.88. The highest BCUT2D eigenvalue weighted by atomic mass is 32.2. The number of aryl methyl sites for hydroxylation is 1. The van der Waals surface area contributed by atoms with Crippen LogP contribution in [0.2, 0.25) is 0 Å². The van der Waals surface area contributed by atoms with Crippen molar-refractivity contribution in [1.29, 1.82) is 0 Å². The van der Waals surface area contributed by atoms with Gasteiger partial charge in [-0.05, 0) is 58.0 Å². The van der Waals surface area contributed by atoms with Gasteiger partial charge < -0.3 is 14.4 Å². The molecular formula is C25H30N4O3S. The van der Waals surface area contributed by atoms with Crippen molar-refractivity contribution in [2.45, 2.75) is 45.1 Å². The maximum atomic E-state index is 12.9. The van der Waals surface area contributed by atoms with Gasteiger partial charge in [0, 0.05) is 24.3 Å². The lowest BCUT2D eigenvalue weighted by molar-refractivity contribution is -0.140. The normalized spacial score (nSPS) is 18.4. The van der Waals surface area contributed by atoms with Crippen molar-refractivity contribution in [2.75, 3.05) is 25.4 Å². The second kappa shape index (κ2) is 10.4. The Balaban J connectivity index is 1.61. The van der Waals surface area contributed by atoms with E-state index in [9.17, 15) is 4.79 Å². The number of amides is 1.